The third-order valence-electron chi connectivity index (χ3n) is 1.53. The van der Waals surface area contributed by atoms with Gasteiger partial charge in [-0.3, -0.25) is 0 Å². The van der Waals surface area contributed by atoms with E-state index < -0.39 is 0 Å². The predicted molar refractivity (Wildman–Crippen MR) is 61.3 cm³/mol. The molecule has 0 saturated heterocycles. The van der Waals surface area contributed by atoms with Gasteiger partial charge in [0.2, 0.25) is 0 Å². The topological polar surface area (TPSA) is 26.0 Å². The van der Waals surface area contributed by atoms with E-state index in [-0.39, 0.29) is 0 Å². The van der Waals surface area contributed by atoms with Crippen molar-refractivity contribution in [3.05, 3.63) is 54.0 Å². The van der Waals surface area contributed by atoms with Crippen LogP contribution in [0.5, 0.6) is 0 Å². The smallest absolute Gasteiger partial charge is 0.0451 e. The van der Waals surface area contributed by atoms with Crippen LogP contribution in [0.1, 0.15) is 5.56 Å². The number of nitrogens with two attached hydrogens (primary N) is 1. The van der Waals surface area contributed by atoms with Crippen LogP contribution in [0.25, 0.3) is 5.70 Å². The number of hydrogen-bond acceptors (Lipinski definition) is 2. The van der Waals surface area contributed by atoms with Crippen LogP contribution in [0, 0.1) is 0 Å². The normalized spacial score (nSPS) is 11.2. The number of rotatable bonds is 4. The fraction of sp³-hybridized carbons (Fsp3) is 0.0909. The highest BCUT2D eigenvalue weighted by Crippen LogP contribution is 2.13. The minimum absolute atomic E-state index is 0.812. The molecular weight excluding hydrogens is 178 g/mol. The Labute approximate surface area is 83.3 Å². The summed E-state index contributed by atoms with van der Waals surface area (Å²) < 4.78 is 0. The maximum absolute atomic E-state index is 5.84. The lowest BCUT2D eigenvalue weighted by Gasteiger charge is -1.99. The molecule has 2 heteroatoms. The second-order valence-corrected chi connectivity index (χ2v) is 3.46. The summed E-state index contributed by atoms with van der Waals surface area (Å²) in [5.74, 6) is 0.896. The molecular formula is C11H13NS. The van der Waals surface area contributed by atoms with Crippen LogP contribution in [0.2, 0.25) is 0 Å². The summed E-state index contributed by atoms with van der Waals surface area (Å²) in [4.78, 5) is 0. The van der Waals surface area contributed by atoms with Gasteiger partial charge in [-0.2, -0.15) is 0 Å². The first-order valence-corrected chi connectivity index (χ1v) is 5.13. The van der Waals surface area contributed by atoms with Crippen molar-refractivity contribution in [3.8, 4) is 0 Å². The van der Waals surface area contributed by atoms with Crippen LogP contribution in [0.4, 0.5) is 0 Å². The van der Waals surface area contributed by atoms with Gasteiger partial charge in [0.1, 0.15) is 0 Å². The fourth-order valence-electron chi connectivity index (χ4n) is 0.905. The second kappa shape index (κ2) is 5.49. The second-order valence-electron chi connectivity index (χ2n) is 2.56. The molecule has 0 atom stereocenters. The van der Waals surface area contributed by atoms with E-state index in [0.29, 0.717) is 0 Å². The Morgan fingerprint density at radius 2 is 2.08 bits per heavy atom. The summed E-state index contributed by atoms with van der Waals surface area (Å²) in [7, 11) is 0. The fourth-order valence-corrected chi connectivity index (χ4v) is 1.45. The highest BCUT2D eigenvalue weighted by molar-refractivity contribution is 8.02. The van der Waals surface area contributed by atoms with Gasteiger partial charge in [-0.25, -0.2) is 0 Å². The van der Waals surface area contributed by atoms with Crippen LogP contribution in [0.15, 0.2) is 48.4 Å². The van der Waals surface area contributed by atoms with Crippen molar-refractivity contribution in [2.45, 2.75) is 0 Å². The van der Waals surface area contributed by atoms with E-state index in [1.807, 2.05) is 41.8 Å². The maximum atomic E-state index is 5.84. The molecule has 1 nitrogen and oxygen atoms in total. The maximum Gasteiger partial charge on any atom is 0.0451 e. The first-order valence-electron chi connectivity index (χ1n) is 4.08. The van der Waals surface area contributed by atoms with Crippen molar-refractivity contribution < 1.29 is 0 Å². The van der Waals surface area contributed by atoms with Gasteiger partial charge in [-0.1, -0.05) is 36.4 Å². The predicted octanol–water partition coefficient (Wildman–Crippen LogP) is 2.86. The van der Waals surface area contributed by atoms with E-state index in [1.54, 1.807) is 11.8 Å². The van der Waals surface area contributed by atoms with E-state index in [4.69, 9.17) is 5.73 Å². The molecule has 0 spiro atoms. The lowest BCUT2D eigenvalue weighted by molar-refractivity contribution is 1.53. The van der Waals surface area contributed by atoms with Gasteiger partial charge in [0, 0.05) is 11.4 Å². The molecule has 1 aromatic rings. The van der Waals surface area contributed by atoms with Crippen LogP contribution in [0.3, 0.4) is 0 Å². The van der Waals surface area contributed by atoms with Gasteiger partial charge in [0.15, 0.2) is 0 Å². The van der Waals surface area contributed by atoms with Crippen molar-refractivity contribution >= 4 is 17.5 Å². The van der Waals surface area contributed by atoms with Crippen LogP contribution in [-0.4, -0.2) is 5.75 Å². The summed E-state index contributed by atoms with van der Waals surface area (Å²) in [5, 5.41) is 1.96. The van der Waals surface area contributed by atoms with E-state index in [9.17, 15) is 0 Å². The van der Waals surface area contributed by atoms with E-state index in [2.05, 4.69) is 6.58 Å². The Kier molecular flexibility index (Phi) is 4.19. The minimum atomic E-state index is 0.812. The summed E-state index contributed by atoms with van der Waals surface area (Å²) in [6.45, 7) is 3.64. The molecule has 0 aliphatic rings. The molecule has 2 N–H and O–H groups in total. The van der Waals surface area contributed by atoms with Crippen molar-refractivity contribution in [2.75, 3.05) is 5.75 Å². The quantitative estimate of drug-likeness (QED) is 0.585. The minimum Gasteiger partial charge on any atom is -0.398 e. The summed E-state index contributed by atoms with van der Waals surface area (Å²) >= 11 is 1.65. The molecule has 0 fully saturated rings. The van der Waals surface area contributed by atoms with Gasteiger partial charge < -0.3 is 5.73 Å². The Balaban J connectivity index is 2.62. The monoisotopic (exact) mass is 191 g/mol. The van der Waals surface area contributed by atoms with Gasteiger partial charge in [-0.15, -0.1) is 18.3 Å². The van der Waals surface area contributed by atoms with E-state index in [0.717, 1.165) is 17.0 Å². The lowest BCUT2D eigenvalue weighted by atomic mass is 10.2. The largest absolute Gasteiger partial charge is 0.398 e. The third-order valence-corrected chi connectivity index (χ3v) is 2.38. The molecule has 0 amide bonds. The molecule has 68 valence electrons. The van der Waals surface area contributed by atoms with Crippen LogP contribution >= 0.6 is 11.8 Å². The average Bonchev–Trinajstić information content (AvgIpc) is 2.19. The SMILES string of the molecule is C=CCS/C=C(/N)c1ccccc1. The Morgan fingerprint density at radius 1 is 1.38 bits per heavy atom. The summed E-state index contributed by atoms with van der Waals surface area (Å²) in [6, 6.07) is 9.94. The molecule has 13 heavy (non-hydrogen) atoms. The van der Waals surface area contributed by atoms with Crippen molar-refractivity contribution in [3.63, 3.8) is 0 Å². The number of thioether (sulfide) groups is 1. The molecule has 0 bridgehead atoms. The number of hydrogen-bond donors (Lipinski definition) is 1. The van der Waals surface area contributed by atoms with Gasteiger partial charge in [0.25, 0.3) is 0 Å². The molecule has 0 aromatic heterocycles. The zero-order chi connectivity index (χ0) is 9.52. The highest BCUT2D eigenvalue weighted by atomic mass is 32.2. The van der Waals surface area contributed by atoms with Crippen molar-refractivity contribution in [1.29, 1.82) is 0 Å². The van der Waals surface area contributed by atoms with E-state index in [1.165, 1.54) is 0 Å². The highest BCUT2D eigenvalue weighted by Gasteiger charge is 1.92. The molecule has 0 aliphatic carbocycles. The molecule has 0 saturated carbocycles. The van der Waals surface area contributed by atoms with Crippen LogP contribution < -0.4 is 5.73 Å². The molecule has 0 heterocycles. The number of benzene rings is 1. The summed E-state index contributed by atoms with van der Waals surface area (Å²) in [5.41, 5.74) is 7.72. The Bertz CT molecular complexity index is 290. The first kappa shape index (κ1) is 9.93. The summed E-state index contributed by atoms with van der Waals surface area (Å²) in [6.07, 6.45) is 1.86. The van der Waals surface area contributed by atoms with Gasteiger partial charge >= 0.3 is 0 Å². The zero-order valence-corrected chi connectivity index (χ0v) is 8.26. The lowest BCUT2D eigenvalue weighted by Crippen LogP contribution is -1.94. The van der Waals surface area contributed by atoms with Crippen LogP contribution in [-0.2, 0) is 0 Å². The zero-order valence-electron chi connectivity index (χ0n) is 7.44. The molecule has 0 unspecified atom stereocenters. The molecule has 0 aliphatic heterocycles. The average molecular weight is 191 g/mol. The Morgan fingerprint density at radius 3 is 2.69 bits per heavy atom. The molecule has 1 rings (SSSR count). The third kappa shape index (κ3) is 3.38. The van der Waals surface area contributed by atoms with Gasteiger partial charge in [0.05, 0.1) is 0 Å². The molecule has 1 aromatic carbocycles. The standard InChI is InChI=1S/C11H13NS/c1-2-8-13-9-11(12)10-6-4-3-5-7-10/h2-7,9H,1,8,12H2/b11-9+. The van der Waals surface area contributed by atoms with Gasteiger partial charge in [-0.05, 0) is 11.0 Å². The van der Waals surface area contributed by atoms with Crippen molar-refractivity contribution in [2.24, 2.45) is 5.73 Å². The van der Waals surface area contributed by atoms with Crippen molar-refractivity contribution in [1.82, 2.24) is 0 Å². The Hall–Kier alpha value is -1.15. The van der Waals surface area contributed by atoms with E-state index >= 15 is 0 Å². The molecule has 0 radical (unpaired) electrons. The first-order chi connectivity index (χ1) is 6.34.